The Morgan fingerprint density at radius 3 is 2.90 bits per heavy atom. The van der Waals surface area contributed by atoms with Gasteiger partial charge in [-0.25, -0.2) is 0 Å². The summed E-state index contributed by atoms with van der Waals surface area (Å²) in [6, 6.07) is 8.61. The van der Waals surface area contributed by atoms with Gasteiger partial charge in [-0.05, 0) is 19.4 Å². The number of nitrogens with zero attached hydrogens (tertiary/aromatic N) is 3. The van der Waals surface area contributed by atoms with Gasteiger partial charge in [-0.3, -0.25) is 4.90 Å². The van der Waals surface area contributed by atoms with Gasteiger partial charge in [0, 0.05) is 26.2 Å². The molecule has 2 heterocycles. The minimum Gasteiger partial charge on any atom is -0.339 e. The van der Waals surface area contributed by atoms with Crippen molar-refractivity contribution in [3.63, 3.8) is 0 Å². The van der Waals surface area contributed by atoms with Gasteiger partial charge in [0.15, 0.2) is 5.82 Å². The van der Waals surface area contributed by atoms with Gasteiger partial charge in [0.05, 0.1) is 12.5 Å². The lowest BCUT2D eigenvalue weighted by atomic mass is 10.1. The largest absolute Gasteiger partial charge is 0.339 e. The van der Waals surface area contributed by atoms with Gasteiger partial charge in [-0.1, -0.05) is 35.0 Å². The van der Waals surface area contributed by atoms with Crippen LogP contribution in [-0.2, 0) is 6.42 Å². The van der Waals surface area contributed by atoms with Crippen molar-refractivity contribution in [2.45, 2.75) is 26.3 Å². The summed E-state index contributed by atoms with van der Waals surface area (Å²) in [4.78, 5) is 6.96. The minimum absolute atomic E-state index is 0.210. The predicted molar refractivity (Wildman–Crippen MR) is 81.1 cm³/mol. The zero-order valence-corrected chi connectivity index (χ0v) is 12.7. The molecule has 1 N–H and O–H groups in total. The molecule has 2 aromatic rings. The first-order valence-corrected chi connectivity index (χ1v) is 7.55. The molecular formula is C16H22N4O. The van der Waals surface area contributed by atoms with Gasteiger partial charge in [0.2, 0.25) is 5.89 Å². The van der Waals surface area contributed by atoms with Crippen LogP contribution in [0, 0.1) is 6.92 Å². The van der Waals surface area contributed by atoms with Crippen molar-refractivity contribution in [1.82, 2.24) is 20.4 Å². The molecule has 0 amide bonds. The minimum atomic E-state index is 0.210. The Balaban J connectivity index is 1.68. The Morgan fingerprint density at radius 1 is 1.33 bits per heavy atom. The average Bonchev–Trinajstić information content (AvgIpc) is 2.96. The highest BCUT2D eigenvalue weighted by atomic mass is 16.5. The lowest BCUT2D eigenvalue weighted by Crippen LogP contribution is -2.44. The lowest BCUT2D eigenvalue weighted by Gasteiger charge is -2.30. The van der Waals surface area contributed by atoms with Crippen molar-refractivity contribution in [1.29, 1.82) is 0 Å². The maximum absolute atomic E-state index is 5.42. The van der Waals surface area contributed by atoms with E-state index in [2.05, 4.69) is 58.5 Å². The first-order chi connectivity index (χ1) is 10.2. The van der Waals surface area contributed by atoms with Crippen LogP contribution < -0.4 is 5.32 Å². The molecule has 0 spiro atoms. The van der Waals surface area contributed by atoms with E-state index in [-0.39, 0.29) is 6.04 Å². The van der Waals surface area contributed by atoms with Crippen molar-refractivity contribution in [2.75, 3.05) is 26.2 Å². The zero-order valence-electron chi connectivity index (χ0n) is 12.7. The predicted octanol–water partition coefficient (Wildman–Crippen LogP) is 1.94. The maximum Gasteiger partial charge on any atom is 0.231 e. The standard InChI is InChI=1S/C16H22N4O/c1-12-4-3-5-14(10-12)11-15-18-16(19-21-15)13(2)20-8-6-17-7-9-20/h3-5,10,13,17H,6-9,11H2,1-2H3. The molecule has 1 aromatic carbocycles. The quantitative estimate of drug-likeness (QED) is 0.931. The van der Waals surface area contributed by atoms with E-state index in [0.29, 0.717) is 12.3 Å². The number of hydrogen-bond acceptors (Lipinski definition) is 5. The van der Waals surface area contributed by atoms with Gasteiger partial charge in [0.1, 0.15) is 0 Å². The van der Waals surface area contributed by atoms with Gasteiger partial charge in [0.25, 0.3) is 0 Å². The van der Waals surface area contributed by atoms with E-state index in [1.807, 2.05) is 0 Å². The van der Waals surface area contributed by atoms with Crippen molar-refractivity contribution in [2.24, 2.45) is 0 Å². The number of aromatic nitrogens is 2. The smallest absolute Gasteiger partial charge is 0.231 e. The summed E-state index contributed by atoms with van der Waals surface area (Å²) in [5.74, 6) is 1.48. The van der Waals surface area contributed by atoms with Crippen molar-refractivity contribution in [3.8, 4) is 0 Å². The summed E-state index contributed by atoms with van der Waals surface area (Å²) in [6.45, 7) is 8.35. The normalized spacial score (nSPS) is 17.8. The Morgan fingerprint density at radius 2 is 2.14 bits per heavy atom. The third kappa shape index (κ3) is 3.49. The molecule has 1 aliphatic rings. The number of piperazine rings is 1. The topological polar surface area (TPSA) is 54.2 Å². The molecule has 112 valence electrons. The summed E-state index contributed by atoms with van der Waals surface area (Å²) < 4.78 is 5.42. The van der Waals surface area contributed by atoms with Crippen LogP contribution in [0.25, 0.3) is 0 Å². The molecule has 0 aliphatic carbocycles. The Kier molecular flexibility index (Phi) is 4.31. The average molecular weight is 286 g/mol. The number of aryl methyl sites for hydroxylation is 1. The van der Waals surface area contributed by atoms with Gasteiger partial charge < -0.3 is 9.84 Å². The second-order valence-corrected chi connectivity index (χ2v) is 5.67. The van der Waals surface area contributed by atoms with Crippen LogP contribution in [0.1, 0.15) is 35.8 Å². The van der Waals surface area contributed by atoms with Crippen LogP contribution in [0.15, 0.2) is 28.8 Å². The van der Waals surface area contributed by atoms with E-state index in [9.17, 15) is 0 Å². The van der Waals surface area contributed by atoms with E-state index in [1.165, 1.54) is 11.1 Å². The third-order valence-electron chi connectivity index (χ3n) is 3.99. The van der Waals surface area contributed by atoms with Crippen LogP contribution in [-0.4, -0.2) is 41.2 Å². The summed E-state index contributed by atoms with van der Waals surface area (Å²) in [7, 11) is 0. The number of benzene rings is 1. The monoisotopic (exact) mass is 286 g/mol. The summed E-state index contributed by atoms with van der Waals surface area (Å²) >= 11 is 0. The molecule has 1 unspecified atom stereocenters. The fourth-order valence-electron chi connectivity index (χ4n) is 2.74. The molecule has 3 rings (SSSR count). The van der Waals surface area contributed by atoms with Crippen molar-refractivity contribution in [3.05, 3.63) is 47.1 Å². The van der Waals surface area contributed by atoms with Crippen LogP contribution in [0.3, 0.4) is 0 Å². The highest BCUT2D eigenvalue weighted by Crippen LogP contribution is 2.18. The fraction of sp³-hybridized carbons (Fsp3) is 0.500. The van der Waals surface area contributed by atoms with Crippen LogP contribution in [0.4, 0.5) is 0 Å². The molecule has 0 bridgehead atoms. The number of hydrogen-bond donors (Lipinski definition) is 1. The summed E-state index contributed by atoms with van der Waals surface area (Å²) in [5.41, 5.74) is 2.46. The summed E-state index contributed by atoms with van der Waals surface area (Å²) in [6.07, 6.45) is 0.697. The second kappa shape index (κ2) is 6.37. The molecule has 5 nitrogen and oxygen atoms in total. The Bertz CT molecular complexity index is 589. The van der Waals surface area contributed by atoms with Gasteiger partial charge >= 0.3 is 0 Å². The number of nitrogens with one attached hydrogen (secondary N) is 1. The maximum atomic E-state index is 5.42. The molecule has 1 atom stereocenters. The van der Waals surface area contributed by atoms with Crippen LogP contribution >= 0.6 is 0 Å². The number of rotatable bonds is 4. The van der Waals surface area contributed by atoms with E-state index >= 15 is 0 Å². The van der Waals surface area contributed by atoms with E-state index in [1.54, 1.807) is 0 Å². The van der Waals surface area contributed by atoms with E-state index < -0.39 is 0 Å². The highest BCUT2D eigenvalue weighted by Gasteiger charge is 2.22. The van der Waals surface area contributed by atoms with Crippen molar-refractivity contribution < 1.29 is 4.52 Å². The Hall–Kier alpha value is -1.72. The Labute approximate surface area is 125 Å². The SMILES string of the molecule is Cc1cccc(Cc2nc(C(C)N3CCNCC3)no2)c1. The molecule has 0 saturated carbocycles. The highest BCUT2D eigenvalue weighted by molar-refractivity contribution is 5.24. The molecule has 5 heteroatoms. The van der Waals surface area contributed by atoms with Gasteiger partial charge in [-0.2, -0.15) is 4.98 Å². The third-order valence-corrected chi connectivity index (χ3v) is 3.99. The second-order valence-electron chi connectivity index (χ2n) is 5.67. The molecule has 0 radical (unpaired) electrons. The van der Waals surface area contributed by atoms with Crippen LogP contribution in [0.5, 0.6) is 0 Å². The first kappa shape index (κ1) is 14.2. The molecule has 21 heavy (non-hydrogen) atoms. The molecule has 1 aliphatic heterocycles. The van der Waals surface area contributed by atoms with Gasteiger partial charge in [-0.15, -0.1) is 0 Å². The fourth-order valence-corrected chi connectivity index (χ4v) is 2.74. The summed E-state index contributed by atoms with van der Waals surface area (Å²) in [5, 5.41) is 7.52. The van der Waals surface area contributed by atoms with Crippen LogP contribution in [0.2, 0.25) is 0 Å². The van der Waals surface area contributed by atoms with Crippen molar-refractivity contribution >= 4 is 0 Å². The molecule has 1 saturated heterocycles. The first-order valence-electron chi connectivity index (χ1n) is 7.55. The zero-order chi connectivity index (χ0) is 14.7. The molecule has 1 aromatic heterocycles. The van der Waals surface area contributed by atoms with E-state index in [4.69, 9.17) is 4.52 Å². The molecular weight excluding hydrogens is 264 g/mol. The van der Waals surface area contributed by atoms with E-state index in [0.717, 1.165) is 32.0 Å². The lowest BCUT2D eigenvalue weighted by molar-refractivity contribution is 0.176. The molecule has 1 fully saturated rings.